The van der Waals surface area contributed by atoms with Gasteiger partial charge in [-0.2, -0.15) is 0 Å². The smallest absolute Gasteiger partial charge is 0.251 e. The van der Waals surface area contributed by atoms with Crippen molar-refractivity contribution in [3.05, 3.63) is 89.5 Å². The third kappa shape index (κ3) is 4.71. The Morgan fingerprint density at radius 1 is 1.03 bits per heavy atom. The summed E-state index contributed by atoms with van der Waals surface area (Å²) in [5.74, 6) is 0.104. The molecule has 1 N–H and O–H groups in total. The number of aromatic nitrogens is 2. The molecule has 1 aliphatic rings. The second-order valence-corrected chi connectivity index (χ2v) is 7.30. The normalized spacial score (nSPS) is 13.7. The molecular formula is C23H24N4O2. The summed E-state index contributed by atoms with van der Waals surface area (Å²) in [4.78, 5) is 30.3. The van der Waals surface area contributed by atoms with Crippen molar-refractivity contribution in [2.75, 3.05) is 6.54 Å². The lowest BCUT2D eigenvalue weighted by Gasteiger charge is -2.15. The summed E-state index contributed by atoms with van der Waals surface area (Å²) < 4.78 is 2.00. The van der Waals surface area contributed by atoms with Gasteiger partial charge < -0.3 is 14.8 Å². The molecule has 0 atom stereocenters. The van der Waals surface area contributed by atoms with Gasteiger partial charge in [0.1, 0.15) is 0 Å². The van der Waals surface area contributed by atoms with Gasteiger partial charge in [-0.05, 0) is 35.2 Å². The van der Waals surface area contributed by atoms with E-state index in [0.29, 0.717) is 25.1 Å². The van der Waals surface area contributed by atoms with Gasteiger partial charge in [-0.3, -0.25) is 9.59 Å². The zero-order chi connectivity index (χ0) is 20.1. The van der Waals surface area contributed by atoms with Crippen LogP contribution in [-0.4, -0.2) is 32.8 Å². The molecule has 0 spiro atoms. The monoisotopic (exact) mass is 388 g/mol. The Kier molecular flexibility index (Phi) is 5.70. The molecule has 2 heterocycles. The van der Waals surface area contributed by atoms with Crippen LogP contribution in [0, 0.1) is 0 Å². The maximum atomic E-state index is 12.6. The molecule has 148 valence electrons. The van der Waals surface area contributed by atoms with Crippen LogP contribution in [0.2, 0.25) is 0 Å². The molecule has 0 saturated carbocycles. The van der Waals surface area contributed by atoms with Gasteiger partial charge in [0.2, 0.25) is 5.91 Å². The van der Waals surface area contributed by atoms with E-state index < -0.39 is 0 Å². The van der Waals surface area contributed by atoms with Gasteiger partial charge in [0.15, 0.2) is 0 Å². The Labute approximate surface area is 170 Å². The number of rotatable bonds is 7. The van der Waals surface area contributed by atoms with Crippen molar-refractivity contribution in [3.63, 3.8) is 0 Å². The molecule has 29 heavy (non-hydrogen) atoms. The fraction of sp³-hybridized carbons (Fsp3) is 0.261. The zero-order valence-corrected chi connectivity index (χ0v) is 16.3. The fourth-order valence-electron chi connectivity index (χ4n) is 3.59. The number of carbonyl (C=O) groups excluding carboxylic acids is 2. The van der Waals surface area contributed by atoms with Crippen molar-refractivity contribution in [2.24, 2.45) is 0 Å². The standard InChI is InChI=1S/C23H24N4O2/c28-22-6-3-12-27(22)15-18-7-9-19(10-8-18)23(29)25-14-20-4-1-2-5-21(20)16-26-13-11-24-17-26/h1-2,4-5,7-11,13,17H,3,6,12,14-16H2,(H,25,29). The topological polar surface area (TPSA) is 67.2 Å². The van der Waals surface area contributed by atoms with E-state index in [4.69, 9.17) is 0 Å². The number of benzene rings is 2. The number of likely N-dealkylation sites (tertiary alicyclic amines) is 1. The van der Waals surface area contributed by atoms with Crippen LogP contribution in [-0.2, 0) is 24.4 Å². The zero-order valence-electron chi connectivity index (χ0n) is 16.3. The maximum Gasteiger partial charge on any atom is 0.251 e. The molecular weight excluding hydrogens is 364 g/mol. The molecule has 0 aliphatic carbocycles. The van der Waals surface area contributed by atoms with E-state index in [9.17, 15) is 9.59 Å². The number of nitrogens with zero attached hydrogens (tertiary/aromatic N) is 3. The Hall–Kier alpha value is -3.41. The van der Waals surface area contributed by atoms with E-state index in [1.165, 1.54) is 0 Å². The molecule has 0 radical (unpaired) electrons. The summed E-state index contributed by atoms with van der Waals surface area (Å²) in [6.07, 6.45) is 7.04. The molecule has 0 bridgehead atoms. The van der Waals surface area contributed by atoms with Crippen LogP contribution in [0.25, 0.3) is 0 Å². The van der Waals surface area contributed by atoms with Crippen LogP contribution in [0.4, 0.5) is 0 Å². The second-order valence-electron chi connectivity index (χ2n) is 7.30. The number of imidazole rings is 1. The Morgan fingerprint density at radius 3 is 2.52 bits per heavy atom. The summed E-state index contributed by atoms with van der Waals surface area (Å²) in [5.41, 5.74) is 3.89. The van der Waals surface area contributed by atoms with Crippen LogP contribution in [0.3, 0.4) is 0 Å². The lowest BCUT2D eigenvalue weighted by Crippen LogP contribution is -2.25. The molecule has 1 aliphatic heterocycles. The van der Waals surface area contributed by atoms with Crippen LogP contribution in [0.15, 0.2) is 67.3 Å². The molecule has 0 unspecified atom stereocenters. The van der Waals surface area contributed by atoms with Gasteiger partial charge >= 0.3 is 0 Å². The van der Waals surface area contributed by atoms with Gasteiger partial charge in [0.25, 0.3) is 5.91 Å². The highest BCUT2D eigenvalue weighted by atomic mass is 16.2. The largest absolute Gasteiger partial charge is 0.348 e. The first kappa shape index (κ1) is 18.9. The highest BCUT2D eigenvalue weighted by Crippen LogP contribution is 2.15. The summed E-state index contributed by atoms with van der Waals surface area (Å²) in [6, 6.07) is 15.6. The molecule has 3 aromatic rings. The van der Waals surface area contributed by atoms with Crippen molar-refractivity contribution in [2.45, 2.75) is 32.5 Å². The minimum atomic E-state index is -0.105. The van der Waals surface area contributed by atoms with Crippen LogP contribution in [0.5, 0.6) is 0 Å². The molecule has 1 aromatic heterocycles. The maximum absolute atomic E-state index is 12.6. The predicted octanol–water partition coefficient (Wildman–Crippen LogP) is 2.98. The molecule has 6 nitrogen and oxygen atoms in total. The minimum absolute atomic E-state index is 0.105. The van der Waals surface area contributed by atoms with Gasteiger partial charge in [-0.15, -0.1) is 0 Å². The molecule has 6 heteroatoms. The number of nitrogens with one attached hydrogen (secondary N) is 1. The molecule has 4 rings (SSSR count). The van der Waals surface area contributed by atoms with Gasteiger partial charge in [0, 0.05) is 50.6 Å². The molecule has 2 aromatic carbocycles. The van der Waals surface area contributed by atoms with Crippen LogP contribution >= 0.6 is 0 Å². The average molecular weight is 388 g/mol. The van der Waals surface area contributed by atoms with Crippen molar-refractivity contribution >= 4 is 11.8 Å². The van der Waals surface area contributed by atoms with Gasteiger partial charge in [0.05, 0.1) is 6.33 Å². The van der Waals surface area contributed by atoms with Crippen molar-refractivity contribution in [1.82, 2.24) is 19.8 Å². The summed E-state index contributed by atoms with van der Waals surface area (Å²) in [6.45, 7) is 2.62. The Balaban J connectivity index is 1.36. The first-order valence-electron chi connectivity index (χ1n) is 9.86. The lowest BCUT2D eigenvalue weighted by atomic mass is 10.1. The third-order valence-electron chi connectivity index (χ3n) is 5.23. The van der Waals surface area contributed by atoms with E-state index >= 15 is 0 Å². The van der Waals surface area contributed by atoms with Crippen molar-refractivity contribution in [3.8, 4) is 0 Å². The average Bonchev–Trinajstić information content (AvgIpc) is 3.40. The van der Waals surface area contributed by atoms with E-state index in [2.05, 4.69) is 16.4 Å². The van der Waals surface area contributed by atoms with Gasteiger partial charge in [-0.25, -0.2) is 4.98 Å². The molecule has 2 amide bonds. The van der Waals surface area contributed by atoms with E-state index in [0.717, 1.165) is 36.2 Å². The number of carbonyl (C=O) groups is 2. The first-order chi connectivity index (χ1) is 14.2. The van der Waals surface area contributed by atoms with Crippen molar-refractivity contribution < 1.29 is 9.59 Å². The van der Waals surface area contributed by atoms with Gasteiger partial charge in [-0.1, -0.05) is 36.4 Å². The highest BCUT2D eigenvalue weighted by Gasteiger charge is 2.20. The third-order valence-corrected chi connectivity index (χ3v) is 5.23. The summed E-state index contributed by atoms with van der Waals surface area (Å²) >= 11 is 0. The number of amides is 2. The summed E-state index contributed by atoms with van der Waals surface area (Å²) in [5, 5.41) is 3.01. The molecule has 1 fully saturated rings. The fourth-order valence-corrected chi connectivity index (χ4v) is 3.59. The minimum Gasteiger partial charge on any atom is -0.348 e. The van der Waals surface area contributed by atoms with Crippen molar-refractivity contribution in [1.29, 1.82) is 0 Å². The van der Waals surface area contributed by atoms with E-state index in [1.807, 2.05) is 58.1 Å². The predicted molar refractivity (Wildman–Crippen MR) is 110 cm³/mol. The SMILES string of the molecule is O=C(NCc1ccccc1Cn1ccnc1)c1ccc(CN2CCCC2=O)cc1. The summed E-state index contributed by atoms with van der Waals surface area (Å²) in [7, 11) is 0. The highest BCUT2D eigenvalue weighted by molar-refractivity contribution is 5.94. The van der Waals surface area contributed by atoms with Crippen LogP contribution in [0.1, 0.15) is 39.9 Å². The number of hydrogen-bond donors (Lipinski definition) is 1. The second kappa shape index (κ2) is 8.73. The van der Waals surface area contributed by atoms with E-state index in [-0.39, 0.29) is 11.8 Å². The lowest BCUT2D eigenvalue weighted by molar-refractivity contribution is -0.128. The first-order valence-corrected chi connectivity index (χ1v) is 9.86. The number of hydrogen-bond acceptors (Lipinski definition) is 3. The van der Waals surface area contributed by atoms with Crippen LogP contribution < -0.4 is 5.32 Å². The molecule has 1 saturated heterocycles. The Bertz CT molecular complexity index is 980. The Morgan fingerprint density at radius 2 is 1.83 bits per heavy atom. The van der Waals surface area contributed by atoms with E-state index in [1.54, 1.807) is 12.5 Å². The quantitative estimate of drug-likeness (QED) is 0.677.